The molecule has 0 bridgehead atoms. The number of carbonyl (C=O) groups is 1. The molecule has 0 amide bonds. The van der Waals surface area contributed by atoms with E-state index in [4.69, 9.17) is 10.8 Å². The molecule has 0 aromatic rings. The maximum atomic E-state index is 11.0. The van der Waals surface area contributed by atoms with E-state index in [9.17, 15) is 4.79 Å². The predicted molar refractivity (Wildman–Crippen MR) is 90.5 cm³/mol. The lowest BCUT2D eigenvalue weighted by atomic mass is 10.0. The van der Waals surface area contributed by atoms with Crippen molar-refractivity contribution < 1.29 is 9.90 Å². The Kier molecular flexibility index (Phi) is 13.6. The van der Waals surface area contributed by atoms with E-state index in [1.807, 2.05) is 13.8 Å². The molecule has 0 aromatic heterocycles. The Hall–Kier alpha value is -0.830. The maximum absolute atomic E-state index is 11.0. The van der Waals surface area contributed by atoms with Crippen LogP contribution in [-0.2, 0) is 4.79 Å². The molecular weight excluding hydrogens is 262 g/mol. The first-order valence-corrected chi connectivity index (χ1v) is 8.69. The lowest BCUT2D eigenvalue weighted by Gasteiger charge is -2.05. The number of nitrogens with two attached hydrogens (primary N) is 1. The minimum atomic E-state index is -0.746. The normalized spacial score (nSPS) is 10.6. The van der Waals surface area contributed by atoms with Crippen LogP contribution in [0.5, 0.6) is 0 Å². The zero-order chi connectivity index (χ0) is 15.9. The summed E-state index contributed by atoms with van der Waals surface area (Å²) in [6.07, 6.45) is 14.6. The smallest absolute Gasteiger partial charge is 0.331 e. The van der Waals surface area contributed by atoms with Crippen LogP contribution in [0.1, 0.15) is 90.9 Å². The van der Waals surface area contributed by atoms with Gasteiger partial charge in [0.2, 0.25) is 0 Å². The molecule has 0 spiro atoms. The Morgan fingerprint density at radius 1 is 0.762 bits per heavy atom. The summed E-state index contributed by atoms with van der Waals surface area (Å²) in [4.78, 5) is 11.0. The van der Waals surface area contributed by atoms with Crippen LogP contribution < -0.4 is 5.73 Å². The molecule has 0 aliphatic rings. The number of hydrogen-bond donors (Lipinski definition) is 2. The highest BCUT2D eigenvalue weighted by Crippen LogP contribution is 2.16. The first-order chi connectivity index (χ1) is 10.1. The zero-order valence-corrected chi connectivity index (χ0v) is 14.1. The number of aliphatic carboxylic acids is 1. The van der Waals surface area contributed by atoms with Crippen LogP contribution >= 0.6 is 0 Å². The minimum absolute atomic E-state index is 0.604. The molecule has 3 nitrogen and oxygen atoms in total. The van der Waals surface area contributed by atoms with Crippen molar-refractivity contribution in [2.75, 3.05) is 6.54 Å². The Balaban J connectivity index is 3.33. The van der Waals surface area contributed by atoms with Gasteiger partial charge in [0.25, 0.3) is 0 Å². The van der Waals surface area contributed by atoms with E-state index in [1.165, 1.54) is 57.8 Å². The highest BCUT2D eigenvalue weighted by molar-refractivity contribution is 5.87. The van der Waals surface area contributed by atoms with Crippen molar-refractivity contribution in [1.29, 1.82) is 0 Å². The van der Waals surface area contributed by atoms with Gasteiger partial charge in [0.1, 0.15) is 0 Å². The highest BCUT2D eigenvalue weighted by atomic mass is 16.4. The molecule has 0 radical (unpaired) electrons. The van der Waals surface area contributed by atoms with Gasteiger partial charge in [-0.15, -0.1) is 0 Å². The summed E-state index contributed by atoms with van der Waals surface area (Å²) in [7, 11) is 0. The van der Waals surface area contributed by atoms with E-state index >= 15 is 0 Å². The van der Waals surface area contributed by atoms with Gasteiger partial charge >= 0.3 is 5.97 Å². The summed E-state index contributed by atoms with van der Waals surface area (Å²) in [5, 5.41) is 9.06. The maximum Gasteiger partial charge on any atom is 0.331 e. The van der Waals surface area contributed by atoms with Crippen LogP contribution in [0.15, 0.2) is 11.1 Å². The van der Waals surface area contributed by atoms with Gasteiger partial charge in [-0.3, -0.25) is 0 Å². The van der Waals surface area contributed by atoms with Crippen molar-refractivity contribution in [2.24, 2.45) is 5.73 Å². The van der Waals surface area contributed by atoms with E-state index in [1.54, 1.807) is 0 Å². The Labute approximate surface area is 131 Å². The molecule has 3 N–H and O–H groups in total. The van der Waals surface area contributed by atoms with Crippen molar-refractivity contribution in [3.63, 3.8) is 0 Å². The molecular formula is C18H35NO2. The second kappa shape index (κ2) is 14.1. The van der Waals surface area contributed by atoms with Gasteiger partial charge in [-0.05, 0) is 39.7 Å². The third kappa shape index (κ3) is 12.6. The first kappa shape index (κ1) is 20.2. The van der Waals surface area contributed by atoms with Crippen LogP contribution in [0.3, 0.4) is 0 Å². The van der Waals surface area contributed by atoms with Crippen molar-refractivity contribution >= 4 is 5.97 Å². The van der Waals surface area contributed by atoms with Gasteiger partial charge in [-0.25, -0.2) is 4.79 Å². The summed E-state index contributed by atoms with van der Waals surface area (Å²) in [6.45, 7) is 4.60. The first-order valence-electron chi connectivity index (χ1n) is 8.69. The predicted octanol–water partition coefficient (Wildman–Crippen LogP) is 5.05. The van der Waals surface area contributed by atoms with Crippen molar-refractivity contribution in [1.82, 2.24) is 0 Å². The molecule has 0 atom stereocenters. The summed E-state index contributed by atoms with van der Waals surface area (Å²) in [6, 6.07) is 0. The molecule has 0 saturated carbocycles. The molecule has 0 aromatic carbocycles. The van der Waals surface area contributed by atoms with Gasteiger partial charge in [-0.2, -0.15) is 0 Å². The Bertz CT molecular complexity index is 294. The monoisotopic (exact) mass is 297 g/mol. The van der Waals surface area contributed by atoms with E-state index in [-0.39, 0.29) is 0 Å². The third-order valence-corrected chi connectivity index (χ3v) is 3.99. The zero-order valence-electron chi connectivity index (χ0n) is 14.1. The average molecular weight is 297 g/mol. The average Bonchev–Trinajstić information content (AvgIpc) is 2.43. The van der Waals surface area contributed by atoms with Crippen molar-refractivity contribution in [3.05, 3.63) is 11.1 Å². The van der Waals surface area contributed by atoms with Crippen molar-refractivity contribution in [3.8, 4) is 0 Å². The van der Waals surface area contributed by atoms with Crippen LogP contribution in [0.25, 0.3) is 0 Å². The molecule has 21 heavy (non-hydrogen) atoms. The third-order valence-electron chi connectivity index (χ3n) is 3.99. The molecule has 0 aliphatic heterocycles. The summed E-state index contributed by atoms with van der Waals surface area (Å²) in [5.74, 6) is -0.746. The number of rotatable bonds is 14. The quantitative estimate of drug-likeness (QED) is 0.348. The Morgan fingerprint density at radius 3 is 1.48 bits per heavy atom. The minimum Gasteiger partial charge on any atom is -0.478 e. The highest BCUT2D eigenvalue weighted by Gasteiger charge is 2.08. The van der Waals surface area contributed by atoms with Gasteiger partial charge in [0.05, 0.1) is 0 Å². The Morgan fingerprint density at radius 2 is 1.14 bits per heavy atom. The van der Waals surface area contributed by atoms with Gasteiger partial charge in [-0.1, -0.05) is 63.4 Å². The molecule has 0 saturated heterocycles. The van der Waals surface area contributed by atoms with E-state index < -0.39 is 5.97 Å². The SMILES string of the molecule is CC(C)=C(CCCCCCCCCCCCCN)C(=O)O. The number of unbranched alkanes of at least 4 members (excludes halogenated alkanes) is 10. The van der Waals surface area contributed by atoms with Crippen LogP contribution in [0.2, 0.25) is 0 Å². The molecule has 0 rings (SSSR count). The fraction of sp³-hybridized carbons (Fsp3) is 0.833. The number of carboxylic acids is 1. The van der Waals surface area contributed by atoms with E-state index in [0.29, 0.717) is 5.57 Å². The van der Waals surface area contributed by atoms with Crippen molar-refractivity contribution in [2.45, 2.75) is 90.9 Å². The molecule has 0 heterocycles. The van der Waals surface area contributed by atoms with E-state index in [0.717, 1.165) is 31.4 Å². The van der Waals surface area contributed by atoms with Crippen LogP contribution in [0.4, 0.5) is 0 Å². The summed E-state index contributed by atoms with van der Waals surface area (Å²) < 4.78 is 0. The lowest BCUT2D eigenvalue weighted by molar-refractivity contribution is -0.132. The fourth-order valence-corrected chi connectivity index (χ4v) is 2.61. The largest absolute Gasteiger partial charge is 0.478 e. The topological polar surface area (TPSA) is 63.3 Å². The van der Waals surface area contributed by atoms with Crippen LogP contribution in [0, 0.1) is 0 Å². The van der Waals surface area contributed by atoms with Gasteiger partial charge in [0.15, 0.2) is 0 Å². The standard InChI is InChI=1S/C18H35NO2/c1-16(2)17(18(20)21)14-12-10-8-6-4-3-5-7-9-11-13-15-19/h3-15,19H2,1-2H3,(H,20,21). The van der Waals surface area contributed by atoms with Crippen LogP contribution in [-0.4, -0.2) is 17.6 Å². The second-order valence-corrected chi connectivity index (χ2v) is 6.21. The summed E-state index contributed by atoms with van der Waals surface area (Å²) in [5.41, 5.74) is 7.01. The van der Waals surface area contributed by atoms with Gasteiger partial charge < -0.3 is 10.8 Å². The fourth-order valence-electron chi connectivity index (χ4n) is 2.61. The molecule has 0 fully saturated rings. The molecule has 3 heteroatoms. The van der Waals surface area contributed by atoms with E-state index in [2.05, 4.69) is 0 Å². The molecule has 0 unspecified atom stereocenters. The lowest BCUT2D eigenvalue weighted by Crippen LogP contribution is -2.02. The number of allylic oxidation sites excluding steroid dienone is 1. The molecule has 124 valence electrons. The summed E-state index contributed by atoms with van der Waals surface area (Å²) >= 11 is 0. The number of hydrogen-bond acceptors (Lipinski definition) is 2. The molecule has 0 aliphatic carbocycles. The number of carboxylic acid groups (broad SMARTS) is 1. The second-order valence-electron chi connectivity index (χ2n) is 6.21. The van der Waals surface area contributed by atoms with Gasteiger partial charge in [0, 0.05) is 5.57 Å².